The lowest BCUT2D eigenvalue weighted by atomic mass is 10.1. The molecule has 0 aliphatic rings. The Morgan fingerprint density at radius 3 is 2.24 bits per heavy atom. The average molecular weight is 305 g/mol. The lowest BCUT2D eigenvalue weighted by molar-refractivity contribution is 0.409. The van der Waals surface area contributed by atoms with E-state index in [2.05, 4.69) is 4.72 Å². The Morgan fingerprint density at radius 2 is 1.62 bits per heavy atom. The molecule has 0 spiro atoms. The van der Waals surface area contributed by atoms with Crippen molar-refractivity contribution < 1.29 is 13.2 Å². The number of sulfonamides is 1. The molecule has 0 saturated heterocycles. The smallest absolute Gasteiger partial charge is 0.240 e. The van der Waals surface area contributed by atoms with Crippen molar-refractivity contribution in [2.24, 2.45) is 0 Å². The van der Waals surface area contributed by atoms with Crippen LogP contribution in [0.1, 0.15) is 16.7 Å². The number of ether oxygens (including phenoxy) is 1. The molecule has 1 N–H and O–H groups in total. The molecular formula is C16H19NO3S. The first-order valence-electron chi connectivity index (χ1n) is 6.62. The molecule has 0 radical (unpaired) electrons. The zero-order chi connectivity index (χ0) is 15.5. The molecule has 112 valence electrons. The summed E-state index contributed by atoms with van der Waals surface area (Å²) in [7, 11) is -1.95. The van der Waals surface area contributed by atoms with Crippen LogP contribution in [-0.4, -0.2) is 15.5 Å². The van der Waals surface area contributed by atoms with Crippen LogP contribution < -0.4 is 9.46 Å². The van der Waals surface area contributed by atoms with E-state index >= 15 is 0 Å². The van der Waals surface area contributed by atoms with Crippen molar-refractivity contribution >= 4 is 10.0 Å². The van der Waals surface area contributed by atoms with Gasteiger partial charge < -0.3 is 4.74 Å². The van der Waals surface area contributed by atoms with Gasteiger partial charge in [-0.3, -0.25) is 0 Å². The maximum Gasteiger partial charge on any atom is 0.240 e. The van der Waals surface area contributed by atoms with E-state index in [0.717, 1.165) is 16.7 Å². The summed E-state index contributed by atoms with van der Waals surface area (Å²) < 4.78 is 32.4. The summed E-state index contributed by atoms with van der Waals surface area (Å²) in [5, 5.41) is 0. The third-order valence-corrected chi connectivity index (χ3v) is 4.64. The van der Waals surface area contributed by atoms with Crippen molar-refractivity contribution in [1.29, 1.82) is 0 Å². The molecule has 21 heavy (non-hydrogen) atoms. The number of rotatable bonds is 5. The van der Waals surface area contributed by atoms with Crippen LogP contribution >= 0.6 is 0 Å². The van der Waals surface area contributed by atoms with Crippen LogP contribution in [0.2, 0.25) is 0 Å². The summed E-state index contributed by atoms with van der Waals surface area (Å²) >= 11 is 0. The Bertz CT molecular complexity index is 722. The highest BCUT2D eigenvalue weighted by Gasteiger charge is 2.14. The SMILES string of the molecule is COc1ccc(C)cc1CNS(=O)(=O)c1ccc(C)cc1. The third kappa shape index (κ3) is 3.83. The predicted molar refractivity (Wildman–Crippen MR) is 82.9 cm³/mol. The van der Waals surface area contributed by atoms with Crippen molar-refractivity contribution in [2.75, 3.05) is 7.11 Å². The molecular weight excluding hydrogens is 286 g/mol. The lowest BCUT2D eigenvalue weighted by Crippen LogP contribution is -2.23. The number of hydrogen-bond acceptors (Lipinski definition) is 3. The zero-order valence-electron chi connectivity index (χ0n) is 12.4. The first-order valence-corrected chi connectivity index (χ1v) is 8.10. The van der Waals surface area contributed by atoms with Gasteiger partial charge in [-0.05, 0) is 32.0 Å². The first kappa shape index (κ1) is 15.5. The second-order valence-electron chi connectivity index (χ2n) is 4.95. The van der Waals surface area contributed by atoms with Crippen LogP contribution in [-0.2, 0) is 16.6 Å². The number of methoxy groups -OCH3 is 1. The maximum absolute atomic E-state index is 12.2. The van der Waals surface area contributed by atoms with Crippen LogP contribution in [0.25, 0.3) is 0 Å². The zero-order valence-corrected chi connectivity index (χ0v) is 13.2. The van der Waals surface area contributed by atoms with E-state index in [4.69, 9.17) is 4.74 Å². The number of hydrogen-bond donors (Lipinski definition) is 1. The highest BCUT2D eigenvalue weighted by molar-refractivity contribution is 7.89. The minimum Gasteiger partial charge on any atom is -0.496 e. The molecule has 0 unspecified atom stereocenters. The van der Waals surface area contributed by atoms with Gasteiger partial charge in [0.15, 0.2) is 0 Å². The second-order valence-corrected chi connectivity index (χ2v) is 6.72. The largest absolute Gasteiger partial charge is 0.496 e. The van der Waals surface area contributed by atoms with Gasteiger partial charge in [-0.1, -0.05) is 35.4 Å². The standard InChI is InChI=1S/C16H19NO3S/c1-12-4-7-15(8-5-12)21(18,19)17-11-14-10-13(2)6-9-16(14)20-3/h4-10,17H,11H2,1-3H3. The highest BCUT2D eigenvalue weighted by atomic mass is 32.2. The van der Waals surface area contributed by atoms with Crippen molar-refractivity contribution in [3.05, 3.63) is 59.2 Å². The van der Waals surface area contributed by atoms with Crippen LogP contribution in [0.15, 0.2) is 47.4 Å². The van der Waals surface area contributed by atoms with E-state index in [0.29, 0.717) is 5.75 Å². The van der Waals surface area contributed by atoms with Gasteiger partial charge >= 0.3 is 0 Å². The van der Waals surface area contributed by atoms with E-state index < -0.39 is 10.0 Å². The molecule has 0 heterocycles. The summed E-state index contributed by atoms with van der Waals surface area (Å²) in [6, 6.07) is 12.4. The van der Waals surface area contributed by atoms with E-state index in [-0.39, 0.29) is 11.4 Å². The van der Waals surface area contributed by atoms with Crippen LogP contribution in [0.4, 0.5) is 0 Å². The van der Waals surface area contributed by atoms with E-state index in [1.807, 2.05) is 32.0 Å². The average Bonchev–Trinajstić information content (AvgIpc) is 2.46. The van der Waals surface area contributed by atoms with Crippen molar-refractivity contribution in [3.8, 4) is 5.75 Å². The van der Waals surface area contributed by atoms with Crippen molar-refractivity contribution in [3.63, 3.8) is 0 Å². The molecule has 4 nitrogen and oxygen atoms in total. The summed E-state index contributed by atoms with van der Waals surface area (Å²) in [5.74, 6) is 0.673. The van der Waals surface area contributed by atoms with Gasteiger partial charge in [0.1, 0.15) is 5.75 Å². The maximum atomic E-state index is 12.2. The molecule has 2 rings (SSSR count). The van der Waals surface area contributed by atoms with E-state index in [1.54, 1.807) is 31.4 Å². The monoisotopic (exact) mass is 305 g/mol. The topological polar surface area (TPSA) is 55.4 Å². The van der Waals surface area contributed by atoms with Gasteiger partial charge in [0.2, 0.25) is 10.0 Å². The fourth-order valence-electron chi connectivity index (χ4n) is 2.02. The highest BCUT2D eigenvalue weighted by Crippen LogP contribution is 2.20. The molecule has 0 amide bonds. The molecule has 0 bridgehead atoms. The Balaban J connectivity index is 2.19. The molecule has 2 aromatic carbocycles. The predicted octanol–water partition coefficient (Wildman–Crippen LogP) is 2.79. The summed E-state index contributed by atoms with van der Waals surface area (Å²) in [4.78, 5) is 0.264. The van der Waals surface area contributed by atoms with Crippen molar-refractivity contribution in [1.82, 2.24) is 4.72 Å². The number of nitrogens with one attached hydrogen (secondary N) is 1. The Hall–Kier alpha value is -1.85. The van der Waals surface area contributed by atoms with Gasteiger partial charge in [-0.25, -0.2) is 13.1 Å². The Kier molecular flexibility index (Phi) is 4.65. The molecule has 0 saturated carbocycles. The van der Waals surface area contributed by atoms with E-state index in [9.17, 15) is 8.42 Å². The fraction of sp³-hybridized carbons (Fsp3) is 0.250. The summed E-state index contributed by atoms with van der Waals surface area (Å²) in [6.07, 6.45) is 0. The Morgan fingerprint density at radius 1 is 1.00 bits per heavy atom. The van der Waals surface area contributed by atoms with Crippen molar-refractivity contribution in [2.45, 2.75) is 25.3 Å². The van der Waals surface area contributed by atoms with Crippen LogP contribution in [0.3, 0.4) is 0 Å². The molecule has 0 aliphatic carbocycles. The molecule has 0 fully saturated rings. The number of benzene rings is 2. The normalized spacial score (nSPS) is 11.4. The van der Waals surface area contributed by atoms with Gasteiger partial charge in [0.05, 0.1) is 12.0 Å². The lowest BCUT2D eigenvalue weighted by Gasteiger charge is -2.11. The fourth-order valence-corrected chi connectivity index (χ4v) is 3.03. The second kappa shape index (κ2) is 6.28. The quantitative estimate of drug-likeness (QED) is 0.924. The minimum atomic E-state index is -3.52. The van der Waals surface area contributed by atoms with E-state index in [1.165, 1.54) is 0 Å². The van der Waals surface area contributed by atoms with Crippen LogP contribution in [0, 0.1) is 13.8 Å². The molecule has 0 aromatic heterocycles. The molecule has 5 heteroatoms. The third-order valence-electron chi connectivity index (χ3n) is 3.22. The number of aryl methyl sites for hydroxylation is 2. The van der Waals surface area contributed by atoms with Crippen LogP contribution in [0.5, 0.6) is 5.75 Å². The summed E-state index contributed by atoms with van der Waals surface area (Å²) in [6.45, 7) is 4.07. The summed E-state index contributed by atoms with van der Waals surface area (Å²) in [5.41, 5.74) is 2.89. The van der Waals surface area contributed by atoms with Gasteiger partial charge in [-0.15, -0.1) is 0 Å². The minimum absolute atomic E-state index is 0.195. The van der Waals surface area contributed by atoms with Gasteiger partial charge in [-0.2, -0.15) is 0 Å². The molecule has 0 atom stereocenters. The molecule has 2 aromatic rings. The Labute approximate surface area is 125 Å². The van der Waals surface area contributed by atoms with Gasteiger partial charge in [0, 0.05) is 12.1 Å². The first-order chi connectivity index (χ1) is 9.92. The molecule has 0 aliphatic heterocycles. The van der Waals surface area contributed by atoms with Gasteiger partial charge in [0.25, 0.3) is 0 Å².